The van der Waals surface area contributed by atoms with Crippen LogP contribution in [0.2, 0.25) is 0 Å². The third kappa shape index (κ3) is 3.39. The van der Waals surface area contributed by atoms with Crippen molar-refractivity contribution in [3.8, 4) is 11.5 Å². The maximum Gasteiger partial charge on any atom is 0.280 e. The average Bonchev–Trinajstić information content (AvgIpc) is 3.36. The van der Waals surface area contributed by atoms with Crippen LogP contribution >= 0.6 is 0 Å². The van der Waals surface area contributed by atoms with Crippen molar-refractivity contribution in [2.75, 3.05) is 11.7 Å². The summed E-state index contributed by atoms with van der Waals surface area (Å²) in [6.45, 7) is 0.256. The number of hydrogen-bond donors (Lipinski definition) is 1. The zero-order valence-electron chi connectivity index (χ0n) is 17.3. The number of para-hydroxylation sites is 2. The predicted molar refractivity (Wildman–Crippen MR) is 116 cm³/mol. The molecule has 0 bridgehead atoms. The fourth-order valence-corrected chi connectivity index (χ4v) is 4.25. The lowest BCUT2D eigenvalue weighted by Gasteiger charge is -2.23. The Bertz CT molecular complexity index is 1310. The van der Waals surface area contributed by atoms with Gasteiger partial charge in [-0.2, -0.15) is 0 Å². The second-order valence-electron chi connectivity index (χ2n) is 7.83. The molecule has 0 unspecified atom stereocenters. The number of rotatable bonds is 6. The van der Waals surface area contributed by atoms with Crippen molar-refractivity contribution >= 4 is 23.1 Å². The van der Waals surface area contributed by atoms with E-state index in [4.69, 9.17) is 9.47 Å². The first-order chi connectivity index (χ1) is 15.9. The van der Waals surface area contributed by atoms with Crippen LogP contribution in [0, 0.1) is 10.1 Å². The van der Waals surface area contributed by atoms with Crippen LogP contribution in [0.1, 0.15) is 27.9 Å². The van der Waals surface area contributed by atoms with Gasteiger partial charge in [-0.3, -0.25) is 19.7 Å². The van der Waals surface area contributed by atoms with Crippen molar-refractivity contribution in [1.29, 1.82) is 0 Å². The second kappa shape index (κ2) is 7.72. The number of nitrogens with zero attached hydrogens (tertiary/aromatic N) is 2. The first-order valence-electron chi connectivity index (χ1n) is 10.2. The summed E-state index contributed by atoms with van der Waals surface area (Å²) in [7, 11) is 0. The number of ether oxygens (including phenoxy) is 2. The highest BCUT2D eigenvalue weighted by atomic mass is 16.7. The molecule has 9 heteroatoms. The summed E-state index contributed by atoms with van der Waals surface area (Å²) in [5.41, 5.74) is -1.18. The Balaban J connectivity index is 1.48. The second-order valence-corrected chi connectivity index (χ2v) is 7.83. The molecule has 0 saturated carbocycles. The number of ketones is 1. The van der Waals surface area contributed by atoms with Gasteiger partial charge in [-0.15, -0.1) is 0 Å². The van der Waals surface area contributed by atoms with Crippen molar-refractivity contribution < 1.29 is 29.1 Å². The first-order valence-corrected chi connectivity index (χ1v) is 10.2. The van der Waals surface area contributed by atoms with Gasteiger partial charge in [0.25, 0.3) is 11.6 Å². The highest BCUT2D eigenvalue weighted by Crippen LogP contribution is 2.44. The van der Waals surface area contributed by atoms with Crippen LogP contribution in [0.4, 0.5) is 11.4 Å². The molecule has 0 radical (unpaired) electrons. The van der Waals surface area contributed by atoms with E-state index in [0.29, 0.717) is 17.2 Å². The average molecular weight is 446 g/mol. The fourth-order valence-electron chi connectivity index (χ4n) is 4.25. The van der Waals surface area contributed by atoms with Crippen LogP contribution < -0.4 is 14.4 Å². The van der Waals surface area contributed by atoms with E-state index in [-0.39, 0.29) is 30.2 Å². The molecule has 166 valence electrons. The van der Waals surface area contributed by atoms with Gasteiger partial charge in [0.05, 0.1) is 29.1 Å². The Morgan fingerprint density at radius 3 is 2.61 bits per heavy atom. The molecule has 0 saturated heterocycles. The highest BCUT2D eigenvalue weighted by molar-refractivity contribution is 6.11. The van der Waals surface area contributed by atoms with E-state index >= 15 is 0 Å². The van der Waals surface area contributed by atoms with E-state index in [1.165, 1.54) is 29.2 Å². The quantitative estimate of drug-likeness (QED) is 0.350. The third-order valence-corrected chi connectivity index (χ3v) is 5.83. The number of fused-ring (bicyclic) bond motifs is 2. The summed E-state index contributed by atoms with van der Waals surface area (Å²) in [5.74, 6) is -0.195. The monoisotopic (exact) mass is 446 g/mol. The summed E-state index contributed by atoms with van der Waals surface area (Å²) in [6, 6.07) is 17.4. The molecule has 2 heterocycles. The number of nitro groups is 1. The number of anilines is 1. The Kier molecular flexibility index (Phi) is 4.83. The summed E-state index contributed by atoms with van der Waals surface area (Å²) in [6.07, 6.45) is -0.620. The maximum absolute atomic E-state index is 13.4. The van der Waals surface area contributed by atoms with E-state index in [1.54, 1.807) is 42.5 Å². The topological polar surface area (TPSA) is 119 Å². The van der Waals surface area contributed by atoms with Gasteiger partial charge in [-0.05, 0) is 29.8 Å². The molecular weight excluding hydrogens is 428 g/mol. The highest BCUT2D eigenvalue weighted by Gasteiger charge is 2.51. The smallest absolute Gasteiger partial charge is 0.280 e. The summed E-state index contributed by atoms with van der Waals surface area (Å²) in [4.78, 5) is 38.5. The Morgan fingerprint density at radius 1 is 1.06 bits per heavy atom. The molecule has 5 rings (SSSR count). The van der Waals surface area contributed by atoms with Crippen LogP contribution in [-0.4, -0.2) is 28.5 Å². The van der Waals surface area contributed by atoms with Gasteiger partial charge in [-0.1, -0.05) is 36.4 Å². The van der Waals surface area contributed by atoms with Crippen LogP contribution in [0.15, 0.2) is 66.7 Å². The summed E-state index contributed by atoms with van der Waals surface area (Å²) < 4.78 is 10.7. The normalized spacial score (nSPS) is 18.3. The molecule has 3 aromatic carbocycles. The molecule has 0 spiro atoms. The standard InChI is InChI=1S/C24H18N2O7/c27-20(16-5-1-3-7-18(16)26(30)31)12-24(29)17-6-2-4-8-19(17)25(23(24)28)13-15-9-10-21-22(11-15)33-14-32-21/h1-11,29H,12-14H2/t24-/m1/s1. The van der Waals surface area contributed by atoms with Crippen molar-refractivity contribution in [2.45, 2.75) is 18.6 Å². The largest absolute Gasteiger partial charge is 0.454 e. The summed E-state index contributed by atoms with van der Waals surface area (Å²) in [5, 5.41) is 22.8. The lowest BCUT2D eigenvalue weighted by Crippen LogP contribution is -2.41. The fraction of sp³-hybridized carbons (Fsp3) is 0.167. The van der Waals surface area contributed by atoms with Crippen molar-refractivity contribution in [1.82, 2.24) is 0 Å². The lowest BCUT2D eigenvalue weighted by atomic mass is 9.88. The van der Waals surface area contributed by atoms with E-state index in [9.17, 15) is 24.8 Å². The number of benzene rings is 3. The molecule has 2 aliphatic heterocycles. The minimum atomic E-state index is -2.15. The van der Waals surface area contributed by atoms with Gasteiger partial charge in [0.1, 0.15) is 0 Å². The molecule has 0 aromatic heterocycles. The molecule has 1 atom stereocenters. The van der Waals surface area contributed by atoms with Crippen LogP contribution in [0.5, 0.6) is 11.5 Å². The first kappa shape index (κ1) is 20.7. The Morgan fingerprint density at radius 2 is 1.79 bits per heavy atom. The molecule has 9 nitrogen and oxygen atoms in total. The molecular formula is C24H18N2O7. The van der Waals surface area contributed by atoms with Crippen molar-refractivity contribution in [3.63, 3.8) is 0 Å². The van der Waals surface area contributed by atoms with Gasteiger partial charge >= 0.3 is 0 Å². The Hall–Kier alpha value is -4.24. The minimum Gasteiger partial charge on any atom is -0.454 e. The molecule has 0 fully saturated rings. The zero-order chi connectivity index (χ0) is 23.2. The van der Waals surface area contributed by atoms with Gasteiger partial charge in [0.15, 0.2) is 22.9 Å². The van der Waals surface area contributed by atoms with Crippen LogP contribution in [0.25, 0.3) is 0 Å². The Labute approximate surface area is 187 Å². The van der Waals surface area contributed by atoms with Crippen molar-refractivity contribution in [2.24, 2.45) is 0 Å². The number of nitro benzene ring substituents is 1. The summed E-state index contributed by atoms with van der Waals surface area (Å²) >= 11 is 0. The van der Waals surface area contributed by atoms with Gasteiger partial charge in [0, 0.05) is 11.6 Å². The van der Waals surface area contributed by atoms with Crippen LogP contribution in [-0.2, 0) is 16.9 Å². The van der Waals surface area contributed by atoms with Gasteiger partial charge < -0.3 is 19.5 Å². The van der Waals surface area contributed by atoms with E-state index in [1.807, 2.05) is 0 Å². The van der Waals surface area contributed by atoms with Crippen LogP contribution in [0.3, 0.4) is 0 Å². The number of hydrogen-bond acceptors (Lipinski definition) is 7. The SMILES string of the molecule is O=C(C[C@]1(O)C(=O)N(Cc2ccc3c(c2)OCO3)c2ccccc21)c1ccccc1[N+](=O)[O-]. The predicted octanol–water partition coefficient (Wildman–Crippen LogP) is 3.33. The molecule has 33 heavy (non-hydrogen) atoms. The lowest BCUT2D eigenvalue weighted by molar-refractivity contribution is -0.385. The zero-order valence-corrected chi connectivity index (χ0v) is 17.3. The number of aliphatic hydroxyl groups is 1. The number of Topliss-reactive ketones (excluding diaryl/α,β-unsaturated/α-hetero) is 1. The number of carbonyl (C=O) groups excluding carboxylic acids is 2. The van der Waals surface area contributed by atoms with E-state index < -0.39 is 28.6 Å². The number of amides is 1. The van der Waals surface area contributed by atoms with Gasteiger partial charge in [-0.25, -0.2) is 0 Å². The molecule has 0 aliphatic carbocycles. The molecule has 1 amide bonds. The minimum absolute atomic E-state index is 0.123. The van der Waals surface area contributed by atoms with Gasteiger partial charge in [0.2, 0.25) is 6.79 Å². The molecule has 3 aromatic rings. The van der Waals surface area contributed by atoms with Crippen molar-refractivity contribution in [3.05, 3.63) is 93.5 Å². The third-order valence-electron chi connectivity index (χ3n) is 5.83. The maximum atomic E-state index is 13.4. The number of carbonyl (C=O) groups is 2. The van der Waals surface area contributed by atoms with E-state index in [0.717, 1.165) is 5.56 Å². The molecule has 1 N–H and O–H groups in total. The van der Waals surface area contributed by atoms with E-state index in [2.05, 4.69) is 0 Å². The molecule has 2 aliphatic rings.